The van der Waals surface area contributed by atoms with Crippen molar-refractivity contribution < 1.29 is 13.2 Å². The number of nitrogens with one attached hydrogen (secondary N) is 1. The zero-order valence-corrected chi connectivity index (χ0v) is 16.0. The number of hydrogen-bond acceptors (Lipinski definition) is 4. The van der Waals surface area contributed by atoms with Crippen molar-refractivity contribution in [1.29, 1.82) is 0 Å². The van der Waals surface area contributed by atoms with Crippen LogP contribution in [-0.4, -0.2) is 17.3 Å². The molecule has 1 aliphatic heterocycles. The number of nitrogens with zero attached hydrogens (tertiary/aromatic N) is 1. The van der Waals surface area contributed by atoms with Crippen LogP contribution in [-0.2, 0) is 6.18 Å². The van der Waals surface area contributed by atoms with E-state index in [9.17, 15) is 13.2 Å². The lowest BCUT2D eigenvalue weighted by atomic mass is 10.1. The standard InChI is InChI=1S/C19H19F3N2S2/c1-3-15-17(23-14-9-4-5-10-16(14)25-2)24-18(26-15)12-7-6-8-13(11-12)19(20,21)22/h4-11,15,18H,3H2,1-2H3,(H,23,24). The van der Waals surface area contributed by atoms with E-state index in [1.807, 2.05) is 30.5 Å². The summed E-state index contributed by atoms with van der Waals surface area (Å²) < 4.78 is 39.0. The number of benzene rings is 2. The Labute approximate surface area is 159 Å². The second-order valence-corrected chi connectivity index (χ2v) is 7.98. The average Bonchev–Trinajstić information content (AvgIpc) is 3.04. The van der Waals surface area contributed by atoms with Crippen LogP contribution in [0.15, 0.2) is 58.4 Å². The number of aliphatic imine (C=N–C) groups is 1. The first-order valence-corrected chi connectivity index (χ1v) is 10.4. The third-order valence-corrected chi connectivity index (χ3v) is 6.41. The number of thioether (sulfide) groups is 2. The molecule has 0 bridgehead atoms. The molecule has 0 amide bonds. The second kappa shape index (κ2) is 7.96. The Balaban J connectivity index is 1.87. The van der Waals surface area contributed by atoms with E-state index in [0.29, 0.717) is 5.56 Å². The van der Waals surface area contributed by atoms with Gasteiger partial charge in [-0.15, -0.1) is 23.5 Å². The molecule has 1 heterocycles. The molecule has 0 spiro atoms. The van der Waals surface area contributed by atoms with Crippen molar-refractivity contribution in [3.8, 4) is 0 Å². The molecule has 0 saturated heterocycles. The van der Waals surface area contributed by atoms with Crippen molar-refractivity contribution in [1.82, 2.24) is 0 Å². The average molecular weight is 397 g/mol. The molecule has 7 heteroatoms. The van der Waals surface area contributed by atoms with Crippen molar-refractivity contribution in [2.45, 2.75) is 35.0 Å². The van der Waals surface area contributed by atoms with Crippen LogP contribution in [0.1, 0.15) is 29.8 Å². The smallest absolute Gasteiger partial charge is 0.342 e. The van der Waals surface area contributed by atoms with E-state index in [-0.39, 0.29) is 10.6 Å². The van der Waals surface area contributed by atoms with E-state index in [1.165, 1.54) is 12.1 Å². The van der Waals surface area contributed by atoms with Gasteiger partial charge in [-0.2, -0.15) is 13.2 Å². The molecule has 2 aromatic rings. The Hall–Kier alpha value is -1.60. The molecule has 138 valence electrons. The number of alkyl halides is 3. The van der Waals surface area contributed by atoms with E-state index < -0.39 is 11.7 Å². The highest BCUT2D eigenvalue weighted by Gasteiger charge is 2.33. The molecule has 3 rings (SSSR count). The molecule has 2 aromatic carbocycles. The minimum atomic E-state index is -4.34. The fourth-order valence-electron chi connectivity index (χ4n) is 2.77. The van der Waals surface area contributed by atoms with Gasteiger partial charge in [0.05, 0.1) is 16.5 Å². The van der Waals surface area contributed by atoms with Gasteiger partial charge < -0.3 is 5.32 Å². The largest absolute Gasteiger partial charge is 0.416 e. The van der Waals surface area contributed by atoms with Gasteiger partial charge in [0.2, 0.25) is 0 Å². The molecule has 0 aromatic heterocycles. The summed E-state index contributed by atoms with van der Waals surface area (Å²) in [5.41, 5.74) is 0.925. The van der Waals surface area contributed by atoms with Crippen LogP contribution in [0.2, 0.25) is 0 Å². The summed E-state index contributed by atoms with van der Waals surface area (Å²) in [6, 6.07) is 13.4. The Morgan fingerprint density at radius 3 is 2.62 bits per heavy atom. The normalized spacial score (nSPS) is 20.1. The Morgan fingerprint density at radius 2 is 1.92 bits per heavy atom. The number of anilines is 1. The lowest BCUT2D eigenvalue weighted by molar-refractivity contribution is -0.137. The van der Waals surface area contributed by atoms with Gasteiger partial charge in [-0.1, -0.05) is 31.2 Å². The fourth-order valence-corrected chi connectivity index (χ4v) is 4.55. The number of para-hydroxylation sites is 1. The number of rotatable bonds is 4. The van der Waals surface area contributed by atoms with Crippen LogP contribution in [0.5, 0.6) is 0 Å². The monoisotopic (exact) mass is 396 g/mol. The number of amidine groups is 1. The topological polar surface area (TPSA) is 24.4 Å². The lowest BCUT2D eigenvalue weighted by Gasteiger charge is -2.14. The summed E-state index contributed by atoms with van der Waals surface area (Å²) in [7, 11) is 0. The van der Waals surface area contributed by atoms with Crippen molar-refractivity contribution in [3.63, 3.8) is 0 Å². The fraction of sp³-hybridized carbons (Fsp3) is 0.316. The van der Waals surface area contributed by atoms with Crippen LogP contribution < -0.4 is 5.32 Å². The van der Waals surface area contributed by atoms with E-state index in [0.717, 1.165) is 28.9 Å². The number of halogens is 3. The van der Waals surface area contributed by atoms with Gasteiger partial charge in [0.25, 0.3) is 0 Å². The molecule has 1 N–H and O–H groups in total. The van der Waals surface area contributed by atoms with E-state index >= 15 is 0 Å². The van der Waals surface area contributed by atoms with Crippen LogP contribution in [0.25, 0.3) is 0 Å². The molecule has 0 radical (unpaired) electrons. The highest BCUT2D eigenvalue weighted by Crippen LogP contribution is 2.43. The third kappa shape index (κ3) is 4.20. The van der Waals surface area contributed by atoms with Gasteiger partial charge >= 0.3 is 6.18 Å². The molecule has 0 fully saturated rings. The predicted octanol–water partition coefficient (Wildman–Crippen LogP) is 6.46. The van der Waals surface area contributed by atoms with E-state index in [4.69, 9.17) is 4.99 Å². The molecule has 2 nitrogen and oxygen atoms in total. The quantitative estimate of drug-likeness (QED) is 0.600. The summed E-state index contributed by atoms with van der Waals surface area (Å²) in [5.74, 6) is 0.821. The highest BCUT2D eigenvalue weighted by molar-refractivity contribution is 8.01. The first kappa shape index (κ1) is 19.2. The zero-order valence-electron chi connectivity index (χ0n) is 14.4. The Kier molecular flexibility index (Phi) is 5.87. The van der Waals surface area contributed by atoms with Gasteiger partial charge in [-0.25, -0.2) is 0 Å². The van der Waals surface area contributed by atoms with Gasteiger partial charge in [-0.3, -0.25) is 4.99 Å². The molecular weight excluding hydrogens is 377 g/mol. The first-order chi connectivity index (χ1) is 12.4. The summed E-state index contributed by atoms with van der Waals surface area (Å²) in [6.07, 6.45) is -1.48. The van der Waals surface area contributed by atoms with Crippen molar-refractivity contribution in [2.75, 3.05) is 11.6 Å². The first-order valence-electron chi connectivity index (χ1n) is 8.22. The minimum Gasteiger partial charge on any atom is -0.342 e. The van der Waals surface area contributed by atoms with Crippen LogP contribution in [0.3, 0.4) is 0 Å². The van der Waals surface area contributed by atoms with Gasteiger partial charge in [0.1, 0.15) is 11.2 Å². The third-order valence-electron chi connectivity index (χ3n) is 4.09. The predicted molar refractivity (Wildman–Crippen MR) is 105 cm³/mol. The maximum Gasteiger partial charge on any atom is 0.416 e. The summed E-state index contributed by atoms with van der Waals surface area (Å²) in [6.45, 7) is 2.06. The van der Waals surface area contributed by atoms with Crippen LogP contribution >= 0.6 is 23.5 Å². The molecular formula is C19H19F3N2S2. The summed E-state index contributed by atoms with van der Waals surface area (Å²) in [5, 5.41) is 3.19. The van der Waals surface area contributed by atoms with Crippen LogP contribution in [0.4, 0.5) is 18.9 Å². The van der Waals surface area contributed by atoms with Crippen molar-refractivity contribution in [3.05, 3.63) is 59.7 Å². The van der Waals surface area contributed by atoms with E-state index in [1.54, 1.807) is 29.6 Å². The molecule has 0 aliphatic carbocycles. The van der Waals surface area contributed by atoms with Crippen LogP contribution in [0, 0.1) is 0 Å². The molecule has 1 aliphatic rings. The van der Waals surface area contributed by atoms with Gasteiger partial charge in [0.15, 0.2) is 0 Å². The highest BCUT2D eigenvalue weighted by atomic mass is 32.2. The second-order valence-electron chi connectivity index (χ2n) is 5.85. The number of hydrogen-bond donors (Lipinski definition) is 1. The van der Waals surface area contributed by atoms with Crippen molar-refractivity contribution in [2.24, 2.45) is 4.99 Å². The van der Waals surface area contributed by atoms with Crippen molar-refractivity contribution >= 4 is 35.0 Å². The molecule has 2 atom stereocenters. The molecule has 2 unspecified atom stereocenters. The maximum absolute atomic E-state index is 13.0. The molecule has 0 saturated carbocycles. The van der Waals surface area contributed by atoms with E-state index in [2.05, 4.69) is 12.2 Å². The Bertz CT molecular complexity index is 805. The van der Waals surface area contributed by atoms with Gasteiger partial charge in [-0.05, 0) is 42.5 Å². The zero-order chi connectivity index (χ0) is 18.7. The van der Waals surface area contributed by atoms with Gasteiger partial charge in [0, 0.05) is 4.90 Å². The maximum atomic E-state index is 13.0. The summed E-state index contributed by atoms with van der Waals surface area (Å²) >= 11 is 3.22. The Morgan fingerprint density at radius 1 is 1.15 bits per heavy atom. The molecule has 26 heavy (non-hydrogen) atoms. The lowest BCUT2D eigenvalue weighted by Crippen LogP contribution is -2.21. The summed E-state index contributed by atoms with van der Waals surface area (Å²) in [4.78, 5) is 5.81. The minimum absolute atomic E-state index is 0.129. The SMILES string of the molecule is CCC1SC(c2cccc(C(F)(F)F)c2)N=C1Nc1ccccc1SC.